The number of hydrogen-bond acceptors (Lipinski definition) is 0. The molecule has 0 heterocycles. The van der Waals surface area contributed by atoms with Crippen molar-refractivity contribution in [2.24, 2.45) is 0 Å². The molecule has 0 atom stereocenters. The topological polar surface area (TPSA) is 0 Å². The van der Waals surface area contributed by atoms with E-state index in [1.54, 1.807) is 0 Å². The molecule has 0 aromatic heterocycles. The van der Waals surface area contributed by atoms with Crippen molar-refractivity contribution in [1.29, 1.82) is 0 Å². The third kappa shape index (κ3) is 5.59. The molecule has 1 aromatic rings. The Labute approximate surface area is 88.6 Å². The molecule has 3 heteroatoms. The monoisotopic (exact) mass is 202 g/mol. The summed E-state index contributed by atoms with van der Waals surface area (Å²) in [6, 6.07) is 10.5. The number of aryl methyl sites for hydroxylation is 1. The second-order valence-electron chi connectivity index (χ2n) is 2.02. The summed E-state index contributed by atoms with van der Waals surface area (Å²) in [5, 5.41) is 1.16. The van der Waals surface area contributed by atoms with E-state index in [1.807, 2.05) is 6.07 Å². The molecule has 11 heavy (non-hydrogen) atoms. The molecule has 0 radical (unpaired) electrons. The van der Waals surface area contributed by atoms with Crippen molar-refractivity contribution in [3.05, 3.63) is 35.9 Å². The van der Waals surface area contributed by atoms with Gasteiger partial charge in [0.15, 0.2) is 0 Å². The zero-order chi connectivity index (χ0) is 6.53. The van der Waals surface area contributed by atoms with Crippen molar-refractivity contribution in [2.45, 2.75) is 11.7 Å². The van der Waals surface area contributed by atoms with Crippen LogP contribution >= 0.6 is 0 Å². The van der Waals surface area contributed by atoms with Gasteiger partial charge in [-0.05, 0) is 0 Å². The van der Waals surface area contributed by atoms with Crippen LogP contribution in [0.25, 0.3) is 0 Å². The molecule has 0 nitrogen and oxygen atoms in total. The van der Waals surface area contributed by atoms with Gasteiger partial charge in [0.25, 0.3) is 0 Å². The maximum absolute atomic E-state index is 2.73. The van der Waals surface area contributed by atoms with Gasteiger partial charge in [0.1, 0.15) is 0 Å². The Hall–Kier alpha value is 0.332. The third-order valence-electron chi connectivity index (χ3n) is 1.28. The van der Waals surface area contributed by atoms with E-state index in [1.165, 1.54) is 12.0 Å². The maximum atomic E-state index is 2.73. The van der Waals surface area contributed by atoms with Gasteiger partial charge < -0.3 is 24.8 Å². The van der Waals surface area contributed by atoms with Gasteiger partial charge in [-0.25, -0.2) is 0 Å². The van der Waals surface area contributed by atoms with Crippen LogP contribution in [0.15, 0.2) is 30.3 Å². The van der Waals surface area contributed by atoms with E-state index >= 15 is 0 Å². The molecule has 58 valence electrons. The summed E-state index contributed by atoms with van der Waals surface area (Å²) >= 11 is 2.73. The van der Waals surface area contributed by atoms with Crippen LogP contribution in [0.2, 0.25) is 5.28 Å². The van der Waals surface area contributed by atoms with E-state index in [0.29, 0.717) is 0 Å². The Balaban J connectivity index is 0. The van der Waals surface area contributed by atoms with Crippen LogP contribution in [0, 0.1) is 0 Å². The second kappa shape index (κ2) is 8.43. The fraction of sp³-hybridized carbons (Fsp3) is 0.250. The number of halogens is 2. The first-order valence-electron chi connectivity index (χ1n) is 3.17. The Morgan fingerprint density at radius 2 is 1.55 bits per heavy atom. The number of hydrogen-bond donors (Lipinski definition) is 0. The third-order valence-corrected chi connectivity index (χ3v) is 1.56. The average Bonchev–Trinajstić information content (AvgIpc) is 1.91. The van der Waals surface area contributed by atoms with E-state index in [-0.39, 0.29) is 24.8 Å². The van der Waals surface area contributed by atoms with Crippen LogP contribution in [0.1, 0.15) is 5.56 Å². The van der Waals surface area contributed by atoms with Crippen molar-refractivity contribution in [2.75, 3.05) is 0 Å². The van der Waals surface area contributed by atoms with Gasteiger partial charge in [-0.15, -0.1) is 0 Å². The van der Waals surface area contributed by atoms with Crippen LogP contribution in [-0.2, 0) is 6.42 Å². The van der Waals surface area contributed by atoms with Crippen molar-refractivity contribution in [3.8, 4) is 0 Å². The molecule has 0 aliphatic heterocycles. The molecular weight excluding hydrogens is 194 g/mol. The SMILES string of the molecule is [Al+2][CH2]Cc1ccccc1.[Cl-].[Cl-]. The molecular formula is C8H9AlCl2. The second-order valence-corrected chi connectivity index (χ2v) is 2.60. The van der Waals surface area contributed by atoms with Gasteiger partial charge >= 0.3 is 63.9 Å². The van der Waals surface area contributed by atoms with Crippen LogP contribution in [0.4, 0.5) is 0 Å². The van der Waals surface area contributed by atoms with E-state index in [2.05, 4.69) is 40.6 Å². The van der Waals surface area contributed by atoms with Crippen molar-refractivity contribution in [1.82, 2.24) is 0 Å². The zero-order valence-corrected chi connectivity index (χ0v) is 8.80. The average molecular weight is 203 g/mol. The Kier molecular flexibility index (Phi) is 10.6. The Morgan fingerprint density at radius 3 is 2.00 bits per heavy atom. The van der Waals surface area contributed by atoms with Gasteiger partial charge in [0.2, 0.25) is 0 Å². The van der Waals surface area contributed by atoms with E-state index < -0.39 is 0 Å². The summed E-state index contributed by atoms with van der Waals surface area (Å²) in [6.07, 6.45) is 1.17. The van der Waals surface area contributed by atoms with Gasteiger partial charge in [0.05, 0.1) is 0 Å². The number of rotatable bonds is 2. The van der Waals surface area contributed by atoms with Crippen LogP contribution < -0.4 is 24.8 Å². The largest absolute Gasteiger partial charge is 1.00 e. The molecule has 1 aromatic carbocycles. The minimum Gasteiger partial charge on any atom is -1.00 e. The van der Waals surface area contributed by atoms with Crippen LogP contribution in [-0.4, -0.2) is 16.3 Å². The van der Waals surface area contributed by atoms with E-state index in [4.69, 9.17) is 0 Å². The van der Waals surface area contributed by atoms with Crippen molar-refractivity contribution < 1.29 is 24.8 Å². The standard InChI is InChI=1S/C8H9.Al.2ClH/c1-2-8-6-4-3-5-7-8;;;/h3-7H,1-2H2;;2*1H/q;+2;;/p-2. The normalized spacial score (nSPS) is 7.82. The first-order chi connectivity index (χ1) is 4.43. The molecule has 0 N–H and O–H groups in total. The van der Waals surface area contributed by atoms with Crippen molar-refractivity contribution in [3.63, 3.8) is 0 Å². The van der Waals surface area contributed by atoms with Gasteiger partial charge in [0, 0.05) is 0 Å². The van der Waals surface area contributed by atoms with E-state index in [9.17, 15) is 0 Å². The first kappa shape index (κ1) is 13.9. The molecule has 0 spiro atoms. The summed E-state index contributed by atoms with van der Waals surface area (Å²) in [5.41, 5.74) is 1.42. The molecule has 0 aliphatic rings. The molecule has 0 aliphatic carbocycles. The predicted octanol–water partition coefficient (Wildman–Crippen LogP) is -4.18. The predicted molar refractivity (Wildman–Crippen MR) is 40.7 cm³/mol. The summed E-state index contributed by atoms with van der Waals surface area (Å²) in [7, 11) is 0. The Bertz CT molecular complexity index is 165. The summed E-state index contributed by atoms with van der Waals surface area (Å²) in [5.74, 6) is 0. The summed E-state index contributed by atoms with van der Waals surface area (Å²) < 4.78 is 0. The smallest absolute Gasteiger partial charge is 1.00 e. The van der Waals surface area contributed by atoms with Crippen LogP contribution in [0.3, 0.4) is 0 Å². The molecule has 0 saturated heterocycles. The van der Waals surface area contributed by atoms with Gasteiger partial charge in [-0.1, -0.05) is 0 Å². The first-order valence-corrected chi connectivity index (χ1v) is 3.99. The molecule has 0 unspecified atom stereocenters. The molecule has 0 fully saturated rings. The maximum Gasteiger partial charge on any atom is -1.00 e. The summed E-state index contributed by atoms with van der Waals surface area (Å²) in [6.45, 7) is 0. The molecule has 0 amide bonds. The summed E-state index contributed by atoms with van der Waals surface area (Å²) in [4.78, 5) is 0. The van der Waals surface area contributed by atoms with Gasteiger partial charge in [-0.2, -0.15) is 0 Å². The quantitative estimate of drug-likeness (QED) is 0.428. The fourth-order valence-electron chi connectivity index (χ4n) is 0.811. The Morgan fingerprint density at radius 1 is 1.00 bits per heavy atom. The van der Waals surface area contributed by atoms with Gasteiger partial charge in [-0.3, -0.25) is 0 Å². The minimum atomic E-state index is 0. The molecule has 0 bridgehead atoms. The molecule has 1 rings (SSSR count). The van der Waals surface area contributed by atoms with Crippen LogP contribution in [0.5, 0.6) is 0 Å². The fourth-order valence-corrected chi connectivity index (χ4v) is 1.14. The van der Waals surface area contributed by atoms with E-state index in [0.717, 1.165) is 5.28 Å². The number of benzene rings is 1. The zero-order valence-electron chi connectivity index (χ0n) is 6.13. The van der Waals surface area contributed by atoms with Crippen molar-refractivity contribution >= 4 is 16.3 Å². The molecule has 0 saturated carbocycles. The minimum absolute atomic E-state index is 0.